The Hall–Kier alpha value is -4.96. The van der Waals surface area contributed by atoms with Gasteiger partial charge in [-0.3, -0.25) is 19.2 Å². The quantitative estimate of drug-likeness (QED) is 0.192. The van der Waals surface area contributed by atoms with E-state index in [1.165, 1.54) is 22.7 Å². The van der Waals surface area contributed by atoms with E-state index in [1.807, 2.05) is 58.0 Å². The van der Waals surface area contributed by atoms with E-state index in [0.717, 1.165) is 5.56 Å². The molecule has 4 N–H and O–H groups in total. The normalized spacial score (nSPS) is 24.4. The number of benzene rings is 1. The summed E-state index contributed by atoms with van der Waals surface area (Å²) in [5, 5.41) is 16.4. The minimum atomic E-state index is -0.892. The Balaban J connectivity index is 1.39. The van der Waals surface area contributed by atoms with Gasteiger partial charge in [0, 0.05) is 10.8 Å². The zero-order chi connectivity index (χ0) is 38.7. The Labute approximate surface area is 322 Å². The van der Waals surface area contributed by atoms with Crippen molar-refractivity contribution in [2.45, 2.75) is 104 Å². The lowest BCUT2D eigenvalue weighted by molar-refractivity contribution is -0.124. The third-order valence-electron chi connectivity index (χ3n) is 9.52. The lowest BCUT2D eigenvalue weighted by Crippen LogP contribution is -2.45. The molecule has 4 aromatic rings. The number of nitrogens with one attached hydrogen (secondary N) is 4. The number of rotatable bonds is 6. The number of carbonyl (C=O) groups excluding carboxylic acids is 4. The van der Waals surface area contributed by atoms with Gasteiger partial charge in [-0.25, -0.2) is 19.9 Å². The number of hydrogen-bond acceptors (Lipinski definition) is 12. The maximum Gasteiger partial charge on any atom is 0.274 e. The monoisotopic (exact) mass is 774 g/mol. The first-order valence-electron chi connectivity index (χ1n) is 18.2. The van der Waals surface area contributed by atoms with Gasteiger partial charge in [-0.1, -0.05) is 64.4 Å². The van der Waals surface area contributed by atoms with Gasteiger partial charge in [0.05, 0.1) is 12.1 Å². The van der Waals surface area contributed by atoms with Crippen LogP contribution in [-0.4, -0.2) is 62.7 Å². The van der Waals surface area contributed by atoms with Gasteiger partial charge in [0.2, 0.25) is 17.7 Å². The number of nitrogens with zero attached hydrogens (tertiary/aromatic N) is 4. The summed E-state index contributed by atoms with van der Waals surface area (Å²) in [6.07, 6.45) is 0.986. The lowest BCUT2D eigenvalue weighted by Gasteiger charge is -2.24. The Morgan fingerprint density at radius 1 is 0.815 bits per heavy atom. The zero-order valence-electron chi connectivity index (χ0n) is 31.3. The largest absolute Gasteiger partial charge is 0.474 e. The van der Waals surface area contributed by atoms with E-state index in [-0.39, 0.29) is 46.6 Å². The van der Waals surface area contributed by atoms with Crippen LogP contribution in [-0.2, 0) is 16.0 Å². The fourth-order valence-electron chi connectivity index (χ4n) is 6.33. The van der Waals surface area contributed by atoms with Crippen LogP contribution in [0.5, 0.6) is 0 Å². The third kappa shape index (κ3) is 8.70. The van der Waals surface area contributed by atoms with Gasteiger partial charge in [-0.2, -0.15) is 0 Å². The molecule has 7 atom stereocenters. The Morgan fingerprint density at radius 3 is 2.17 bits per heavy atom. The molecule has 6 rings (SSSR count). The molecule has 4 amide bonds. The van der Waals surface area contributed by atoms with Crippen LogP contribution in [0.3, 0.4) is 0 Å². The zero-order valence-corrected chi connectivity index (χ0v) is 33.0. The van der Waals surface area contributed by atoms with Crippen molar-refractivity contribution >= 4 is 52.2 Å². The second-order valence-corrected chi connectivity index (χ2v) is 16.1. The number of oxazole rings is 1. The standard InChI is InChI=1S/C38H46N8O6S2/c1-8-19(4)28-36-46-30(22(7)52-36)34(50)41-25(15-23-12-10-9-11-13-23)38-43-26(17-54-38)31(47)40-24(14-18(2)3)35-45-29(21(6)51-35)33(49)39-20(5)37-42-27(16-53-37)32(48)44-28/h9-13,16-20,22,24-25,28,30H,8,14-15H2,1-7H3,(H,39,49)(H,40,47)(H,41,50)(H,44,48)/t19?,20-,22-,24+,25-,28+,30+/m1/s1. The van der Waals surface area contributed by atoms with Gasteiger partial charge in [-0.05, 0) is 51.0 Å². The summed E-state index contributed by atoms with van der Waals surface area (Å²) in [5.41, 5.74) is 1.40. The van der Waals surface area contributed by atoms with Crippen molar-refractivity contribution in [2.24, 2.45) is 16.8 Å². The number of aliphatic imine (C=N–C) groups is 1. The summed E-state index contributed by atoms with van der Waals surface area (Å²) in [7, 11) is 0. The summed E-state index contributed by atoms with van der Waals surface area (Å²) >= 11 is 2.51. The molecule has 0 saturated carbocycles. The molecule has 54 heavy (non-hydrogen) atoms. The molecule has 16 heteroatoms. The van der Waals surface area contributed by atoms with Gasteiger partial charge in [0.15, 0.2) is 11.7 Å². The second kappa shape index (κ2) is 16.6. The molecule has 5 heterocycles. The van der Waals surface area contributed by atoms with E-state index in [1.54, 1.807) is 31.5 Å². The van der Waals surface area contributed by atoms with Crippen molar-refractivity contribution in [3.8, 4) is 0 Å². The van der Waals surface area contributed by atoms with E-state index >= 15 is 0 Å². The fourth-order valence-corrected chi connectivity index (χ4v) is 7.99. The van der Waals surface area contributed by atoms with Gasteiger partial charge in [0.1, 0.15) is 45.4 Å². The molecule has 0 spiro atoms. The maximum atomic E-state index is 14.0. The maximum absolute atomic E-state index is 14.0. The van der Waals surface area contributed by atoms with Crippen LogP contribution in [0.25, 0.3) is 0 Å². The summed E-state index contributed by atoms with van der Waals surface area (Å²) in [4.78, 5) is 73.3. The van der Waals surface area contributed by atoms with Gasteiger partial charge >= 0.3 is 0 Å². The van der Waals surface area contributed by atoms with Crippen LogP contribution in [0.15, 0.2) is 50.5 Å². The summed E-state index contributed by atoms with van der Waals surface area (Å²) in [5.74, 6) is -0.900. The Morgan fingerprint density at radius 2 is 1.48 bits per heavy atom. The van der Waals surface area contributed by atoms with Crippen molar-refractivity contribution < 1.29 is 28.3 Å². The van der Waals surface area contributed by atoms with Crippen molar-refractivity contribution in [1.29, 1.82) is 0 Å². The van der Waals surface area contributed by atoms with Crippen LogP contribution in [0, 0.1) is 18.8 Å². The molecule has 0 fully saturated rings. The number of aryl methyl sites for hydroxylation is 1. The van der Waals surface area contributed by atoms with Crippen LogP contribution in [0.2, 0.25) is 0 Å². The third-order valence-corrected chi connectivity index (χ3v) is 11.5. The van der Waals surface area contributed by atoms with E-state index in [9.17, 15) is 19.2 Å². The summed E-state index contributed by atoms with van der Waals surface area (Å²) in [6.45, 7) is 13.2. The minimum absolute atomic E-state index is 0.0838. The van der Waals surface area contributed by atoms with Crippen LogP contribution in [0.4, 0.5) is 0 Å². The smallest absolute Gasteiger partial charge is 0.274 e. The van der Waals surface area contributed by atoms with E-state index in [0.29, 0.717) is 35.0 Å². The highest BCUT2D eigenvalue weighted by molar-refractivity contribution is 7.10. The highest BCUT2D eigenvalue weighted by Crippen LogP contribution is 2.28. The fraction of sp³-hybridized carbons (Fsp3) is 0.474. The van der Waals surface area contributed by atoms with Gasteiger partial charge < -0.3 is 30.4 Å². The van der Waals surface area contributed by atoms with Gasteiger partial charge in [-0.15, -0.1) is 22.7 Å². The average molecular weight is 775 g/mol. The Kier molecular flexibility index (Phi) is 11.9. The minimum Gasteiger partial charge on any atom is -0.474 e. The molecule has 3 aromatic heterocycles. The van der Waals surface area contributed by atoms with Gasteiger partial charge in [0.25, 0.3) is 17.7 Å². The number of thiazole rings is 2. The first-order valence-corrected chi connectivity index (χ1v) is 20.0. The summed E-state index contributed by atoms with van der Waals surface area (Å²) in [6, 6.07) is 6.38. The van der Waals surface area contributed by atoms with Crippen LogP contribution < -0.4 is 21.3 Å². The lowest BCUT2D eigenvalue weighted by atomic mass is 9.98. The summed E-state index contributed by atoms with van der Waals surface area (Å²) < 4.78 is 12.2. The molecule has 0 aliphatic carbocycles. The first-order chi connectivity index (χ1) is 25.8. The number of hydrogen-bond donors (Lipinski definition) is 4. The molecule has 0 saturated heterocycles. The second-order valence-electron chi connectivity index (χ2n) is 14.3. The molecule has 8 bridgehead atoms. The number of carbonyl (C=O) groups is 4. The Bertz CT molecular complexity index is 2020. The number of amides is 4. The molecular formula is C38H46N8O6S2. The van der Waals surface area contributed by atoms with E-state index < -0.39 is 54.0 Å². The molecule has 2 aliphatic heterocycles. The predicted octanol–water partition coefficient (Wildman–Crippen LogP) is 5.65. The first kappa shape index (κ1) is 38.8. The van der Waals surface area contributed by atoms with Crippen molar-refractivity contribution in [2.75, 3.05) is 0 Å². The molecule has 14 nitrogen and oxygen atoms in total. The van der Waals surface area contributed by atoms with E-state index in [2.05, 4.69) is 31.2 Å². The molecular weight excluding hydrogens is 729 g/mol. The molecule has 2 aliphatic rings. The van der Waals surface area contributed by atoms with Crippen LogP contribution >= 0.6 is 22.7 Å². The van der Waals surface area contributed by atoms with Crippen molar-refractivity contribution in [3.63, 3.8) is 0 Å². The number of fused-ring (bicyclic) bond motifs is 7. The predicted molar refractivity (Wildman–Crippen MR) is 205 cm³/mol. The SMILES string of the molecule is CCC(C)[C@@H]1NC(=O)c2csc(n2)[C@@H](C)NC(=O)c2nc(oc2C)[C@H](CC(C)C)NC(=O)c2csc(n2)[C@@H](Cc2ccccc2)NC(=O)[C@H]2N=C1O[C@@H]2C. The molecule has 286 valence electrons. The molecule has 0 radical (unpaired) electrons. The number of ether oxygens (including phenoxy) is 1. The van der Waals surface area contributed by atoms with Crippen molar-refractivity contribution in [3.05, 3.63) is 85.4 Å². The van der Waals surface area contributed by atoms with Crippen molar-refractivity contribution in [1.82, 2.24) is 36.2 Å². The number of aromatic nitrogens is 3. The topological polar surface area (TPSA) is 190 Å². The average Bonchev–Trinajstić information content (AvgIpc) is 3.96. The van der Waals surface area contributed by atoms with Crippen LogP contribution in [0.1, 0.15) is 131 Å². The highest BCUT2D eigenvalue weighted by Gasteiger charge is 2.40. The molecule has 1 aromatic carbocycles. The van der Waals surface area contributed by atoms with E-state index in [4.69, 9.17) is 19.1 Å². The molecule has 1 unspecified atom stereocenters. The highest BCUT2D eigenvalue weighted by atomic mass is 32.1.